The number of halogens is 5. The van der Waals surface area contributed by atoms with Gasteiger partial charge in [-0.2, -0.15) is 0 Å². The minimum Gasteiger partial charge on any atom is -0.481 e. The summed E-state index contributed by atoms with van der Waals surface area (Å²) in [5, 5.41) is 2.03. The molecule has 0 saturated carbocycles. The van der Waals surface area contributed by atoms with Crippen molar-refractivity contribution in [2.24, 2.45) is 0 Å². The molecule has 0 unspecified atom stereocenters. The molecule has 0 saturated heterocycles. The SMILES string of the molecule is COc1cc2c3c([nH]c2cn1)[C@@H](c1c(F)cc(Br)cc1F)N(CC(F)(F)CO[Si](c1ccccc1)(c1ccccc1)C(C)(C)C)[C@H](C)C3. The van der Waals surface area contributed by atoms with Gasteiger partial charge in [0.15, 0.2) is 0 Å². The van der Waals surface area contributed by atoms with Crippen LogP contribution in [-0.2, 0) is 10.8 Å². The first-order valence-electron chi connectivity index (χ1n) is 15.8. The zero-order valence-corrected chi connectivity index (χ0v) is 30.0. The fourth-order valence-corrected chi connectivity index (χ4v) is 12.2. The van der Waals surface area contributed by atoms with Crippen LogP contribution in [0.4, 0.5) is 17.6 Å². The van der Waals surface area contributed by atoms with Crippen molar-refractivity contribution in [1.29, 1.82) is 0 Å². The number of hydrogen-bond donors (Lipinski definition) is 1. The third-order valence-electron chi connectivity index (χ3n) is 9.33. The van der Waals surface area contributed by atoms with Crippen molar-refractivity contribution in [2.45, 2.75) is 57.2 Å². The van der Waals surface area contributed by atoms with Gasteiger partial charge in [-0.1, -0.05) is 97.4 Å². The molecule has 0 aliphatic carbocycles. The van der Waals surface area contributed by atoms with E-state index in [1.807, 2.05) is 81.4 Å². The smallest absolute Gasteiger partial charge is 0.282 e. The second kappa shape index (κ2) is 13.1. The highest BCUT2D eigenvalue weighted by atomic mass is 79.9. The Labute approximate surface area is 287 Å². The highest BCUT2D eigenvalue weighted by Crippen LogP contribution is 2.45. The average Bonchev–Trinajstić information content (AvgIpc) is 3.39. The number of fused-ring (bicyclic) bond motifs is 3. The average molecular weight is 741 g/mol. The van der Waals surface area contributed by atoms with Crippen LogP contribution >= 0.6 is 15.9 Å². The Balaban J connectivity index is 1.42. The number of aromatic nitrogens is 2. The molecule has 0 radical (unpaired) electrons. The van der Waals surface area contributed by atoms with Crippen molar-refractivity contribution in [1.82, 2.24) is 14.9 Å². The Bertz CT molecular complexity index is 1850. The molecule has 0 bridgehead atoms. The number of alkyl halides is 2. The van der Waals surface area contributed by atoms with Gasteiger partial charge in [0.2, 0.25) is 5.88 Å². The molecule has 0 fully saturated rings. The van der Waals surface area contributed by atoms with Crippen molar-refractivity contribution in [3.8, 4) is 5.88 Å². The van der Waals surface area contributed by atoms with Gasteiger partial charge in [0.25, 0.3) is 14.2 Å². The van der Waals surface area contributed by atoms with E-state index in [-0.39, 0.29) is 10.0 Å². The van der Waals surface area contributed by atoms with E-state index < -0.39 is 56.1 Å². The normalized spacial score (nSPS) is 17.5. The molecule has 0 spiro atoms. The molecule has 3 heterocycles. The number of hydrogen-bond acceptors (Lipinski definition) is 4. The molecule has 1 aliphatic heterocycles. The van der Waals surface area contributed by atoms with Gasteiger partial charge in [-0.05, 0) is 46.5 Å². The first kappa shape index (κ1) is 34.4. The van der Waals surface area contributed by atoms with Crippen molar-refractivity contribution >= 4 is 45.5 Å². The molecule has 11 heteroatoms. The molecule has 3 aromatic carbocycles. The standard InChI is InChI=1S/C37H38BrF4N3O2Si/c1-23-16-28-27-19-32(46-5)43-20-31(27)44-34(28)35(33-29(39)17-24(38)18-30(33)40)45(23)21-37(41,42)22-47-48(36(2,3)4,25-12-8-6-9-13-25)26-14-10-7-11-15-26/h6-15,17-20,23,35,44H,16,21-22H2,1-5H3/t23-,35-/m1/s1. The van der Waals surface area contributed by atoms with Crippen LogP contribution in [0.25, 0.3) is 10.9 Å². The minimum atomic E-state index is -3.39. The van der Waals surface area contributed by atoms with Crippen LogP contribution in [-0.4, -0.2) is 55.4 Å². The summed E-state index contributed by atoms with van der Waals surface area (Å²) in [4.78, 5) is 9.03. The quantitative estimate of drug-likeness (QED) is 0.123. The Morgan fingerprint density at radius 3 is 2.08 bits per heavy atom. The monoisotopic (exact) mass is 739 g/mol. The third kappa shape index (κ3) is 6.21. The van der Waals surface area contributed by atoms with E-state index in [9.17, 15) is 0 Å². The maximum Gasteiger partial charge on any atom is 0.282 e. The highest BCUT2D eigenvalue weighted by Gasteiger charge is 2.52. The van der Waals surface area contributed by atoms with Crippen LogP contribution in [0.5, 0.6) is 5.88 Å². The number of ether oxygens (including phenoxy) is 1. The van der Waals surface area contributed by atoms with E-state index in [1.165, 1.54) is 12.0 Å². The van der Waals surface area contributed by atoms with Crippen LogP contribution in [0.2, 0.25) is 5.04 Å². The number of pyridine rings is 1. The lowest BCUT2D eigenvalue weighted by Gasteiger charge is -2.45. The van der Waals surface area contributed by atoms with Gasteiger partial charge in [-0.15, -0.1) is 0 Å². The van der Waals surface area contributed by atoms with Crippen molar-refractivity contribution in [3.63, 3.8) is 0 Å². The molecule has 5 nitrogen and oxygen atoms in total. The van der Waals surface area contributed by atoms with E-state index in [0.717, 1.165) is 33.5 Å². The molecule has 252 valence electrons. The molecular formula is C37H38BrF4N3O2Si. The first-order valence-corrected chi connectivity index (χ1v) is 18.5. The van der Waals surface area contributed by atoms with E-state index in [2.05, 4.69) is 25.9 Å². The second-order valence-corrected chi connectivity index (χ2v) is 18.7. The van der Waals surface area contributed by atoms with Gasteiger partial charge in [0, 0.05) is 33.2 Å². The van der Waals surface area contributed by atoms with Gasteiger partial charge in [-0.25, -0.2) is 22.5 Å². The lowest BCUT2D eigenvalue weighted by Crippen LogP contribution is -2.67. The Kier molecular flexibility index (Phi) is 9.36. The molecule has 5 aromatic rings. The Hall–Kier alpha value is -3.51. The number of aromatic amines is 1. The molecule has 1 aliphatic rings. The lowest BCUT2D eigenvalue weighted by atomic mass is 9.88. The fraction of sp³-hybridized carbons (Fsp3) is 0.324. The lowest BCUT2D eigenvalue weighted by molar-refractivity contribution is -0.0825. The predicted molar refractivity (Wildman–Crippen MR) is 187 cm³/mol. The molecule has 48 heavy (non-hydrogen) atoms. The largest absolute Gasteiger partial charge is 0.481 e. The number of benzene rings is 3. The zero-order valence-electron chi connectivity index (χ0n) is 27.5. The van der Waals surface area contributed by atoms with Crippen LogP contribution < -0.4 is 15.1 Å². The molecule has 2 aromatic heterocycles. The number of H-pyrrole nitrogens is 1. The van der Waals surface area contributed by atoms with Gasteiger partial charge in [0.05, 0.1) is 38.0 Å². The Morgan fingerprint density at radius 1 is 0.958 bits per heavy atom. The van der Waals surface area contributed by atoms with E-state index in [0.29, 0.717) is 23.5 Å². The fourth-order valence-electron chi connectivity index (χ4n) is 7.21. The summed E-state index contributed by atoms with van der Waals surface area (Å²) in [7, 11) is -1.78. The number of nitrogens with zero attached hydrogens (tertiary/aromatic N) is 2. The van der Waals surface area contributed by atoms with Gasteiger partial charge < -0.3 is 14.1 Å². The maximum absolute atomic E-state index is 16.6. The summed E-state index contributed by atoms with van der Waals surface area (Å²) in [5.74, 6) is -4.68. The molecule has 6 rings (SSSR count). The number of methoxy groups -OCH3 is 1. The summed E-state index contributed by atoms with van der Waals surface area (Å²) < 4.78 is 76.9. The molecular weight excluding hydrogens is 702 g/mol. The Morgan fingerprint density at radius 2 is 1.54 bits per heavy atom. The number of rotatable bonds is 9. The predicted octanol–water partition coefficient (Wildman–Crippen LogP) is 8.16. The van der Waals surface area contributed by atoms with Crippen LogP contribution in [0.1, 0.15) is 50.6 Å². The van der Waals surface area contributed by atoms with Crippen LogP contribution in [0, 0.1) is 11.6 Å². The van der Waals surface area contributed by atoms with Gasteiger partial charge >= 0.3 is 0 Å². The highest BCUT2D eigenvalue weighted by molar-refractivity contribution is 9.10. The van der Waals surface area contributed by atoms with E-state index in [4.69, 9.17) is 9.16 Å². The summed E-state index contributed by atoms with van der Waals surface area (Å²) in [5.41, 5.74) is 1.55. The summed E-state index contributed by atoms with van der Waals surface area (Å²) in [6.45, 7) is 6.23. The van der Waals surface area contributed by atoms with Crippen LogP contribution in [0.3, 0.4) is 0 Å². The van der Waals surface area contributed by atoms with Gasteiger partial charge in [-0.3, -0.25) is 4.90 Å². The summed E-state index contributed by atoms with van der Waals surface area (Å²) in [6.07, 6.45) is 1.95. The summed E-state index contributed by atoms with van der Waals surface area (Å²) >= 11 is 3.16. The van der Waals surface area contributed by atoms with E-state index in [1.54, 1.807) is 19.2 Å². The first-order chi connectivity index (χ1) is 22.8. The second-order valence-electron chi connectivity index (χ2n) is 13.5. The van der Waals surface area contributed by atoms with Crippen LogP contribution in [0.15, 0.2) is 89.5 Å². The molecule has 0 amide bonds. The van der Waals surface area contributed by atoms with E-state index >= 15 is 17.6 Å². The van der Waals surface area contributed by atoms with Gasteiger partial charge in [0.1, 0.15) is 11.6 Å². The minimum absolute atomic E-state index is 0.214. The molecule has 1 N–H and O–H groups in total. The zero-order chi connectivity index (χ0) is 34.4. The maximum atomic E-state index is 16.6. The van der Waals surface area contributed by atoms with Crippen molar-refractivity contribution in [2.75, 3.05) is 20.3 Å². The number of nitrogens with one attached hydrogen (secondary N) is 1. The third-order valence-corrected chi connectivity index (χ3v) is 14.8. The topological polar surface area (TPSA) is 50.4 Å². The molecule has 2 atom stereocenters. The van der Waals surface area contributed by atoms with Crippen molar-refractivity contribution in [3.05, 3.63) is 118 Å². The summed E-state index contributed by atoms with van der Waals surface area (Å²) in [6, 6.07) is 21.6. The van der Waals surface area contributed by atoms with Crippen molar-refractivity contribution < 1.29 is 26.7 Å².